The van der Waals surface area contributed by atoms with Crippen molar-refractivity contribution >= 4 is 26.8 Å². The summed E-state index contributed by atoms with van der Waals surface area (Å²) in [4.78, 5) is 14.4. The first-order valence-electron chi connectivity index (χ1n) is 10.3. The van der Waals surface area contributed by atoms with Crippen LogP contribution in [0.1, 0.15) is 29.3 Å². The fourth-order valence-electron chi connectivity index (χ4n) is 4.09. The molecule has 5 rings (SSSR count). The number of hydrogen-bond acceptors (Lipinski definition) is 6. The van der Waals surface area contributed by atoms with E-state index in [-0.39, 0.29) is 41.4 Å². The highest BCUT2D eigenvalue weighted by molar-refractivity contribution is 7.89. The fourth-order valence-corrected chi connectivity index (χ4v) is 5.30. The summed E-state index contributed by atoms with van der Waals surface area (Å²) < 4.78 is 53.5. The number of alkyl halides is 2. The van der Waals surface area contributed by atoms with Crippen LogP contribution in [0, 0.1) is 0 Å². The molecule has 0 saturated heterocycles. The summed E-state index contributed by atoms with van der Waals surface area (Å²) in [5.41, 5.74) is 1.82. The molecule has 4 aromatic rings. The normalized spacial score (nSPS) is 14.6. The van der Waals surface area contributed by atoms with Crippen LogP contribution in [0.4, 0.5) is 8.78 Å². The molecule has 2 aromatic heterocycles. The summed E-state index contributed by atoms with van der Waals surface area (Å²) in [6, 6.07) is 12.7. The Balaban J connectivity index is 1.38. The van der Waals surface area contributed by atoms with E-state index < -0.39 is 22.5 Å². The maximum Gasteiger partial charge on any atom is 0.333 e. The molecule has 3 heterocycles. The molecule has 2 aromatic carbocycles. The molecule has 0 spiro atoms. The lowest BCUT2D eigenvalue weighted by atomic mass is 9.98. The minimum absolute atomic E-state index is 0.111. The molecule has 1 atom stereocenters. The van der Waals surface area contributed by atoms with Gasteiger partial charge in [-0.05, 0) is 23.8 Å². The molecule has 1 aliphatic heterocycles. The van der Waals surface area contributed by atoms with E-state index in [0.717, 1.165) is 4.09 Å². The number of fused-ring (bicyclic) bond motifs is 2. The van der Waals surface area contributed by atoms with Crippen molar-refractivity contribution in [1.82, 2.24) is 23.9 Å². The predicted molar refractivity (Wildman–Crippen MR) is 116 cm³/mol. The van der Waals surface area contributed by atoms with E-state index in [9.17, 15) is 27.1 Å². The summed E-state index contributed by atoms with van der Waals surface area (Å²) in [6.07, 6.45) is 2.53. The van der Waals surface area contributed by atoms with E-state index in [0.29, 0.717) is 21.5 Å². The lowest BCUT2D eigenvalue weighted by molar-refractivity contribution is -0.134. The number of halogens is 2. The van der Waals surface area contributed by atoms with Crippen molar-refractivity contribution < 1.29 is 27.1 Å². The first kappa shape index (κ1) is 22.2. The zero-order valence-electron chi connectivity index (χ0n) is 17.6. The van der Waals surface area contributed by atoms with Crippen LogP contribution in [0.15, 0.2) is 65.8 Å². The number of hydrogen-bond donors (Lipinski definition) is 1. The average molecular weight is 487 g/mol. The Morgan fingerprint density at radius 1 is 1.12 bits per heavy atom. The van der Waals surface area contributed by atoms with Crippen LogP contribution in [0.25, 0.3) is 10.9 Å². The van der Waals surface area contributed by atoms with Crippen molar-refractivity contribution in [2.45, 2.75) is 30.5 Å². The Kier molecular flexibility index (Phi) is 5.41. The third kappa shape index (κ3) is 3.64. The van der Waals surface area contributed by atoms with Gasteiger partial charge in [0.15, 0.2) is 0 Å². The monoisotopic (exact) mass is 487 g/mol. The van der Waals surface area contributed by atoms with Gasteiger partial charge in [-0.1, -0.05) is 30.3 Å². The number of benzene rings is 2. The Morgan fingerprint density at radius 3 is 2.56 bits per heavy atom. The standard InChI is InChI=1S/C22H19F2N5O4S/c23-22(24)29-20-7-6-17(8-15(20)9-25-29)34(32,33)28-11-16-10-27(12-19(16)26-28)21(31)18(13-30)14-4-2-1-3-5-14/h1-9,11,18,22,30H,10,12-13H2/t18-/m1/s1. The molecular formula is C22H19F2N5O4S. The number of carbonyl (C=O) groups excluding carboxylic acids is 1. The first-order valence-corrected chi connectivity index (χ1v) is 11.8. The van der Waals surface area contributed by atoms with Gasteiger partial charge in [0.1, 0.15) is 0 Å². The van der Waals surface area contributed by atoms with Gasteiger partial charge in [-0.25, -0.2) is 4.68 Å². The van der Waals surface area contributed by atoms with Crippen molar-refractivity contribution in [3.8, 4) is 0 Å². The van der Waals surface area contributed by atoms with Gasteiger partial charge in [0.2, 0.25) is 5.91 Å². The second kappa shape index (κ2) is 8.29. The maximum atomic E-state index is 13.1. The van der Waals surface area contributed by atoms with Gasteiger partial charge in [-0.15, -0.1) is 0 Å². The first-order chi connectivity index (χ1) is 16.3. The van der Waals surface area contributed by atoms with Crippen LogP contribution >= 0.6 is 0 Å². The average Bonchev–Trinajstić information content (AvgIpc) is 3.53. The van der Waals surface area contributed by atoms with Crippen LogP contribution in [0.3, 0.4) is 0 Å². The van der Waals surface area contributed by atoms with Crippen molar-refractivity contribution in [2.75, 3.05) is 6.61 Å². The quantitative estimate of drug-likeness (QED) is 0.448. The van der Waals surface area contributed by atoms with E-state index in [1.54, 1.807) is 24.3 Å². The summed E-state index contributed by atoms with van der Waals surface area (Å²) >= 11 is 0. The Hall–Kier alpha value is -3.64. The molecule has 0 aliphatic carbocycles. The minimum Gasteiger partial charge on any atom is -0.395 e. The van der Waals surface area contributed by atoms with Crippen LogP contribution in [0.5, 0.6) is 0 Å². The van der Waals surface area contributed by atoms with Gasteiger partial charge in [0.25, 0.3) is 10.0 Å². The van der Waals surface area contributed by atoms with E-state index in [2.05, 4.69) is 10.2 Å². The van der Waals surface area contributed by atoms with Crippen molar-refractivity contribution in [3.63, 3.8) is 0 Å². The van der Waals surface area contributed by atoms with Crippen LogP contribution < -0.4 is 0 Å². The molecule has 176 valence electrons. The van der Waals surface area contributed by atoms with Gasteiger partial charge >= 0.3 is 6.55 Å². The van der Waals surface area contributed by atoms with Crippen LogP contribution in [-0.4, -0.2) is 49.9 Å². The lowest BCUT2D eigenvalue weighted by Crippen LogP contribution is -2.33. The molecule has 1 N–H and O–H groups in total. The second-order valence-electron chi connectivity index (χ2n) is 7.91. The summed E-state index contributed by atoms with van der Waals surface area (Å²) in [5.74, 6) is -0.996. The molecule has 0 fully saturated rings. The van der Waals surface area contributed by atoms with E-state index in [1.165, 1.54) is 35.5 Å². The third-order valence-corrected chi connectivity index (χ3v) is 7.38. The molecule has 0 radical (unpaired) electrons. The number of rotatable bonds is 6. The van der Waals surface area contributed by atoms with Gasteiger partial charge < -0.3 is 10.0 Å². The highest BCUT2D eigenvalue weighted by Crippen LogP contribution is 2.29. The molecule has 0 saturated carbocycles. The largest absolute Gasteiger partial charge is 0.395 e. The van der Waals surface area contributed by atoms with E-state index in [1.807, 2.05) is 6.07 Å². The van der Waals surface area contributed by atoms with E-state index in [4.69, 9.17) is 0 Å². The van der Waals surface area contributed by atoms with Crippen molar-refractivity contribution in [1.29, 1.82) is 0 Å². The number of aliphatic hydroxyl groups excluding tert-OH is 1. The Morgan fingerprint density at radius 2 is 1.88 bits per heavy atom. The van der Waals surface area contributed by atoms with Gasteiger partial charge in [-0.2, -0.15) is 31.5 Å². The zero-order chi connectivity index (χ0) is 24.0. The maximum absolute atomic E-state index is 13.1. The molecule has 0 unspecified atom stereocenters. The molecular weight excluding hydrogens is 468 g/mol. The Labute approximate surface area is 192 Å². The van der Waals surface area contributed by atoms with Crippen molar-refractivity contribution in [2.24, 2.45) is 0 Å². The minimum atomic E-state index is -4.08. The highest BCUT2D eigenvalue weighted by atomic mass is 32.2. The molecule has 12 heteroatoms. The number of aromatic nitrogens is 4. The van der Waals surface area contributed by atoms with Crippen molar-refractivity contribution in [3.05, 3.63) is 77.7 Å². The topological polar surface area (TPSA) is 110 Å². The smallest absolute Gasteiger partial charge is 0.333 e. The van der Waals surface area contributed by atoms with Crippen LogP contribution in [-0.2, 0) is 27.9 Å². The van der Waals surface area contributed by atoms with Gasteiger partial charge in [-0.3, -0.25) is 4.79 Å². The summed E-state index contributed by atoms with van der Waals surface area (Å²) in [6.45, 7) is -2.92. The second-order valence-corrected chi connectivity index (χ2v) is 9.70. The molecule has 1 amide bonds. The molecule has 0 bridgehead atoms. The van der Waals surface area contributed by atoms with Crippen LogP contribution in [0.2, 0.25) is 0 Å². The number of amides is 1. The predicted octanol–water partition coefficient (Wildman–Crippen LogP) is 2.48. The number of nitrogens with zero attached hydrogens (tertiary/aromatic N) is 5. The Bertz CT molecular complexity index is 1460. The summed E-state index contributed by atoms with van der Waals surface area (Å²) in [7, 11) is -4.08. The molecule has 1 aliphatic rings. The molecule has 34 heavy (non-hydrogen) atoms. The highest BCUT2D eigenvalue weighted by Gasteiger charge is 2.33. The zero-order valence-corrected chi connectivity index (χ0v) is 18.4. The fraction of sp³-hybridized carbons (Fsp3) is 0.227. The SMILES string of the molecule is O=C([C@H](CO)c1ccccc1)N1Cc2cn(S(=O)(=O)c3ccc4c(cnn4C(F)F)c3)nc2C1. The third-order valence-electron chi connectivity index (χ3n) is 5.85. The van der Waals surface area contributed by atoms with E-state index >= 15 is 0 Å². The van der Waals surface area contributed by atoms with Gasteiger partial charge in [0, 0.05) is 23.7 Å². The number of carbonyl (C=O) groups is 1. The van der Waals surface area contributed by atoms with Gasteiger partial charge in [0.05, 0.1) is 41.4 Å². The number of aliphatic hydroxyl groups is 1. The summed E-state index contributed by atoms with van der Waals surface area (Å²) in [5, 5.41) is 17.8. The lowest BCUT2D eigenvalue weighted by Gasteiger charge is -2.22. The molecule has 9 nitrogen and oxygen atoms in total.